The van der Waals surface area contributed by atoms with Crippen molar-refractivity contribution >= 4 is 11.9 Å². The molecule has 1 spiro atoms. The van der Waals surface area contributed by atoms with E-state index >= 15 is 0 Å². The zero-order chi connectivity index (χ0) is 16.4. The van der Waals surface area contributed by atoms with E-state index < -0.39 is 6.17 Å². The van der Waals surface area contributed by atoms with Crippen molar-refractivity contribution in [2.45, 2.75) is 64.0 Å². The number of alkyl halides is 1. The molecule has 2 atom stereocenters. The first-order chi connectivity index (χ1) is 11.1. The predicted octanol–water partition coefficient (Wildman–Crippen LogP) is 3.10. The van der Waals surface area contributed by atoms with Gasteiger partial charge in [-0.15, -0.1) is 0 Å². The number of nitrogens with zero attached hydrogens (tertiary/aromatic N) is 1. The van der Waals surface area contributed by atoms with Crippen molar-refractivity contribution in [3.63, 3.8) is 0 Å². The first kappa shape index (κ1) is 16.7. The fraction of sp³-hybridized carbons (Fsp3) is 0.889. The van der Waals surface area contributed by atoms with Crippen molar-refractivity contribution in [1.82, 2.24) is 4.90 Å². The highest BCUT2D eigenvalue weighted by molar-refractivity contribution is 5.81. The van der Waals surface area contributed by atoms with Gasteiger partial charge in [0.1, 0.15) is 0 Å². The van der Waals surface area contributed by atoms with Crippen LogP contribution < -0.4 is 0 Å². The molecule has 1 saturated heterocycles. The number of amides is 1. The number of ether oxygens (including phenoxy) is 1. The number of hydrogen-bond acceptors (Lipinski definition) is 3. The highest BCUT2D eigenvalue weighted by atomic mass is 19.1. The number of hydrogen-bond donors (Lipinski definition) is 0. The average Bonchev–Trinajstić information content (AvgIpc) is 3.28. The molecule has 1 amide bonds. The summed E-state index contributed by atoms with van der Waals surface area (Å²) >= 11 is 0. The Morgan fingerprint density at radius 3 is 2.48 bits per heavy atom. The summed E-state index contributed by atoms with van der Waals surface area (Å²) in [7, 11) is 1.42. The summed E-state index contributed by atoms with van der Waals surface area (Å²) in [6.07, 6.45) is 7.24. The molecule has 23 heavy (non-hydrogen) atoms. The SMILES string of the molecule is COC(=O)[C@@H]1CC12CCN(C(=O)[C@H](F)CC1CCCCC1)CC2. The molecule has 3 aliphatic rings. The Morgan fingerprint density at radius 2 is 1.87 bits per heavy atom. The van der Waals surface area contributed by atoms with E-state index in [1.807, 2.05) is 0 Å². The number of methoxy groups -OCH3 is 1. The first-order valence-electron chi connectivity index (χ1n) is 9.06. The Labute approximate surface area is 137 Å². The molecule has 0 unspecified atom stereocenters. The summed E-state index contributed by atoms with van der Waals surface area (Å²) in [5.74, 6) is -0.0923. The number of piperidine rings is 1. The van der Waals surface area contributed by atoms with Crippen LogP contribution in [-0.2, 0) is 14.3 Å². The number of carbonyl (C=O) groups is 2. The molecule has 3 fully saturated rings. The summed E-state index contributed by atoms with van der Waals surface area (Å²) in [6.45, 7) is 1.16. The molecule has 1 heterocycles. The number of rotatable bonds is 4. The minimum Gasteiger partial charge on any atom is -0.469 e. The lowest BCUT2D eigenvalue weighted by Gasteiger charge is -2.34. The summed E-state index contributed by atoms with van der Waals surface area (Å²) in [5.41, 5.74) is 0.0268. The Kier molecular flexibility index (Phi) is 4.93. The highest BCUT2D eigenvalue weighted by Crippen LogP contribution is 2.59. The van der Waals surface area contributed by atoms with Gasteiger partial charge in [-0.05, 0) is 37.0 Å². The van der Waals surface area contributed by atoms with Crippen LogP contribution in [0.2, 0.25) is 0 Å². The molecule has 2 aliphatic carbocycles. The lowest BCUT2D eigenvalue weighted by molar-refractivity contribution is -0.143. The zero-order valence-electron chi connectivity index (χ0n) is 14.1. The number of carbonyl (C=O) groups excluding carboxylic acids is 2. The van der Waals surface area contributed by atoms with Gasteiger partial charge in [-0.2, -0.15) is 0 Å². The topological polar surface area (TPSA) is 46.6 Å². The summed E-state index contributed by atoms with van der Waals surface area (Å²) < 4.78 is 19.2. The van der Waals surface area contributed by atoms with Gasteiger partial charge in [-0.25, -0.2) is 4.39 Å². The molecule has 4 nitrogen and oxygen atoms in total. The Hall–Kier alpha value is -1.13. The second-order valence-corrected chi connectivity index (χ2v) is 7.67. The van der Waals surface area contributed by atoms with Crippen LogP contribution in [-0.4, -0.2) is 43.1 Å². The minimum absolute atomic E-state index is 0.00633. The van der Waals surface area contributed by atoms with Gasteiger partial charge in [0.2, 0.25) is 0 Å². The van der Waals surface area contributed by atoms with Crippen LogP contribution in [0.25, 0.3) is 0 Å². The van der Waals surface area contributed by atoms with Gasteiger partial charge in [0.15, 0.2) is 6.17 Å². The Bertz CT molecular complexity index is 453. The predicted molar refractivity (Wildman–Crippen MR) is 84.5 cm³/mol. The van der Waals surface area contributed by atoms with Crippen molar-refractivity contribution in [2.24, 2.45) is 17.3 Å². The van der Waals surface area contributed by atoms with E-state index in [0.717, 1.165) is 32.1 Å². The largest absolute Gasteiger partial charge is 0.469 e. The molecule has 3 rings (SSSR count). The summed E-state index contributed by atoms with van der Waals surface area (Å²) in [6, 6.07) is 0. The van der Waals surface area contributed by atoms with Crippen molar-refractivity contribution in [3.8, 4) is 0 Å². The normalized spacial score (nSPS) is 28.4. The molecule has 0 N–H and O–H groups in total. The van der Waals surface area contributed by atoms with E-state index in [4.69, 9.17) is 4.74 Å². The van der Waals surface area contributed by atoms with E-state index in [0.29, 0.717) is 25.4 Å². The highest BCUT2D eigenvalue weighted by Gasteiger charge is 2.59. The van der Waals surface area contributed by atoms with E-state index in [9.17, 15) is 14.0 Å². The third-order valence-electron chi connectivity index (χ3n) is 6.28. The molecule has 0 aromatic rings. The molecule has 130 valence electrons. The fourth-order valence-corrected chi connectivity index (χ4v) is 4.56. The first-order valence-corrected chi connectivity index (χ1v) is 9.06. The molecule has 0 bridgehead atoms. The number of halogens is 1. The third kappa shape index (κ3) is 3.53. The monoisotopic (exact) mass is 325 g/mol. The minimum atomic E-state index is -1.34. The molecule has 0 aromatic heterocycles. The van der Waals surface area contributed by atoms with Gasteiger partial charge >= 0.3 is 5.97 Å². The van der Waals surface area contributed by atoms with Crippen LogP contribution in [0.1, 0.15) is 57.8 Å². The van der Waals surface area contributed by atoms with Gasteiger partial charge < -0.3 is 9.64 Å². The molecule has 0 radical (unpaired) electrons. The van der Waals surface area contributed by atoms with Gasteiger partial charge in [-0.3, -0.25) is 9.59 Å². The second-order valence-electron chi connectivity index (χ2n) is 7.67. The van der Waals surface area contributed by atoms with Crippen molar-refractivity contribution in [1.29, 1.82) is 0 Å². The van der Waals surface area contributed by atoms with E-state index in [1.54, 1.807) is 4.90 Å². The van der Waals surface area contributed by atoms with Crippen LogP contribution in [0.15, 0.2) is 0 Å². The van der Waals surface area contributed by atoms with Gasteiger partial charge in [0.05, 0.1) is 13.0 Å². The van der Waals surface area contributed by atoms with Crippen molar-refractivity contribution in [3.05, 3.63) is 0 Å². The molecule has 0 aromatic carbocycles. The Morgan fingerprint density at radius 1 is 1.22 bits per heavy atom. The zero-order valence-corrected chi connectivity index (χ0v) is 14.1. The lowest BCUT2D eigenvalue weighted by Crippen LogP contribution is -2.44. The van der Waals surface area contributed by atoms with Gasteiger partial charge in [-0.1, -0.05) is 32.1 Å². The van der Waals surface area contributed by atoms with Crippen LogP contribution in [0.4, 0.5) is 4.39 Å². The molecule has 5 heteroatoms. The number of esters is 1. The Balaban J connectivity index is 1.46. The van der Waals surface area contributed by atoms with Gasteiger partial charge in [0.25, 0.3) is 5.91 Å². The van der Waals surface area contributed by atoms with Gasteiger partial charge in [0, 0.05) is 13.1 Å². The lowest BCUT2D eigenvalue weighted by atomic mass is 9.85. The molecule has 2 saturated carbocycles. The van der Waals surface area contributed by atoms with Crippen LogP contribution in [0.3, 0.4) is 0 Å². The third-order valence-corrected chi connectivity index (χ3v) is 6.28. The maximum atomic E-state index is 14.4. The van der Waals surface area contributed by atoms with E-state index in [2.05, 4.69) is 0 Å². The summed E-state index contributed by atoms with van der Waals surface area (Å²) in [5, 5.41) is 0. The maximum absolute atomic E-state index is 14.4. The van der Waals surface area contributed by atoms with Crippen LogP contribution >= 0.6 is 0 Å². The molecular formula is C18H28FNO3. The molecule has 1 aliphatic heterocycles. The van der Waals surface area contributed by atoms with Crippen molar-refractivity contribution in [2.75, 3.05) is 20.2 Å². The van der Waals surface area contributed by atoms with Crippen LogP contribution in [0, 0.1) is 17.3 Å². The smallest absolute Gasteiger partial charge is 0.309 e. The quantitative estimate of drug-likeness (QED) is 0.746. The second kappa shape index (κ2) is 6.78. The standard InChI is InChI=1S/C18H28FNO3/c1-23-17(22)14-12-18(14)7-9-20(10-8-18)16(21)15(19)11-13-5-3-2-4-6-13/h13-15H,2-12H2,1H3/t14-,15+/m0/s1. The average molecular weight is 325 g/mol. The number of likely N-dealkylation sites (tertiary alicyclic amines) is 1. The van der Waals surface area contributed by atoms with Crippen molar-refractivity contribution < 1.29 is 18.7 Å². The van der Waals surface area contributed by atoms with E-state index in [1.165, 1.54) is 26.4 Å². The maximum Gasteiger partial charge on any atom is 0.309 e. The fourth-order valence-electron chi connectivity index (χ4n) is 4.56. The van der Waals surface area contributed by atoms with E-state index in [-0.39, 0.29) is 23.2 Å². The molecular weight excluding hydrogens is 297 g/mol. The van der Waals surface area contributed by atoms with Crippen LogP contribution in [0.5, 0.6) is 0 Å². The summed E-state index contributed by atoms with van der Waals surface area (Å²) in [4.78, 5) is 25.6.